The van der Waals surface area contributed by atoms with E-state index in [9.17, 15) is 15.0 Å². The maximum atomic E-state index is 11.8. The van der Waals surface area contributed by atoms with Crippen molar-refractivity contribution >= 4 is 5.91 Å². The van der Waals surface area contributed by atoms with Crippen LogP contribution >= 0.6 is 0 Å². The van der Waals surface area contributed by atoms with E-state index in [1.54, 1.807) is 18.2 Å². The molecular weight excluding hydrogens is 242 g/mol. The van der Waals surface area contributed by atoms with Crippen molar-refractivity contribution in [2.75, 3.05) is 6.54 Å². The van der Waals surface area contributed by atoms with Crippen LogP contribution in [0.25, 0.3) is 0 Å². The summed E-state index contributed by atoms with van der Waals surface area (Å²) >= 11 is 0. The van der Waals surface area contributed by atoms with Crippen LogP contribution in [0.2, 0.25) is 0 Å². The summed E-state index contributed by atoms with van der Waals surface area (Å²) in [6.07, 6.45) is 0.590. The van der Waals surface area contributed by atoms with E-state index in [1.807, 2.05) is 18.2 Å². The maximum absolute atomic E-state index is 11.8. The van der Waals surface area contributed by atoms with Gasteiger partial charge in [0.1, 0.15) is 0 Å². The van der Waals surface area contributed by atoms with Crippen LogP contribution in [0.1, 0.15) is 15.9 Å². The molecule has 0 saturated carbocycles. The molecule has 0 radical (unpaired) electrons. The summed E-state index contributed by atoms with van der Waals surface area (Å²) < 4.78 is 0. The van der Waals surface area contributed by atoms with Crippen molar-refractivity contribution in [2.45, 2.75) is 6.42 Å². The lowest BCUT2D eigenvalue weighted by atomic mass is 10.1. The van der Waals surface area contributed by atoms with Gasteiger partial charge in [0.25, 0.3) is 5.91 Å². The van der Waals surface area contributed by atoms with Crippen LogP contribution in [0.3, 0.4) is 0 Å². The van der Waals surface area contributed by atoms with E-state index < -0.39 is 0 Å². The predicted molar refractivity (Wildman–Crippen MR) is 72.3 cm³/mol. The van der Waals surface area contributed by atoms with E-state index in [2.05, 4.69) is 5.32 Å². The molecule has 0 fully saturated rings. The van der Waals surface area contributed by atoms with Gasteiger partial charge in [0.2, 0.25) is 0 Å². The van der Waals surface area contributed by atoms with Crippen molar-refractivity contribution in [3.63, 3.8) is 0 Å². The van der Waals surface area contributed by atoms with Crippen LogP contribution in [0.15, 0.2) is 48.5 Å². The Bertz CT molecular complexity index is 567. The largest absolute Gasteiger partial charge is 0.504 e. The minimum Gasteiger partial charge on any atom is -0.504 e. The maximum Gasteiger partial charge on any atom is 0.251 e. The second kappa shape index (κ2) is 5.91. The van der Waals surface area contributed by atoms with Crippen LogP contribution in [0, 0.1) is 0 Å². The lowest BCUT2D eigenvalue weighted by Crippen LogP contribution is -2.25. The highest BCUT2D eigenvalue weighted by Gasteiger charge is 2.04. The van der Waals surface area contributed by atoms with Crippen molar-refractivity contribution < 1.29 is 15.0 Å². The number of benzene rings is 2. The Morgan fingerprint density at radius 1 is 1.00 bits per heavy atom. The van der Waals surface area contributed by atoms with Crippen molar-refractivity contribution in [2.24, 2.45) is 0 Å². The summed E-state index contributed by atoms with van der Waals surface area (Å²) in [5.41, 5.74) is 1.47. The van der Waals surface area contributed by atoms with Gasteiger partial charge in [-0.2, -0.15) is 0 Å². The highest BCUT2D eigenvalue weighted by Crippen LogP contribution is 2.24. The summed E-state index contributed by atoms with van der Waals surface area (Å²) in [6.45, 7) is 0.470. The van der Waals surface area contributed by atoms with Crippen LogP contribution in [0.4, 0.5) is 0 Å². The summed E-state index contributed by atoms with van der Waals surface area (Å²) in [6, 6.07) is 13.6. The molecule has 0 saturated heterocycles. The minimum absolute atomic E-state index is 0.122. The normalized spacial score (nSPS) is 10.1. The number of amides is 1. The van der Waals surface area contributed by atoms with Gasteiger partial charge < -0.3 is 15.5 Å². The number of carbonyl (C=O) groups excluding carboxylic acids is 1. The monoisotopic (exact) mass is 257 g/mol. The molecule has 0 aromatic heterocycles. The van der Waals surface area contributed by atoms with Gasteiger partial charge in [-0.25, -0.2) is 0 Å². The number of hydrogen-bond donors (Lipinski definition) is 3. The van der Waals surface area contributed by atoms with Gasteiger partial charge >= 0.3 is 0 Å². The van der Waals surface area contributed by atoms with Crippen molar-refractivity contribution in [1.29, 1.82) is 0 Å². The standard InChI is InChI=1S/C15H15NO3/c17-13-7-6-11(10-14(13)18)8-9-16-15(19)12-4-2-1-3-5-12/h1-7,10,17-18H,8-9H2,(H,16,19). The van der Waals surface area contributed by atoms with Crippen molar-refractivity contribution in [3.8, 4) is 11.5 Å². The van der Waals surface area contributed by atoms with Crippen molar-refractivity contribution in [3.05, 3.63) is 59.7 Å². The molecule has 2 aromatic carbocycles. The molecule has 0 heterocycles. The molecule has 3 N–H and O–H groups in total. The van der Waals surface area contributed by atoms with E-state index in [0.29, 0.717) is 18.5 Å². The molecule has 98 valence electrons. The zero-order chi connectivity index (χ0) is 13.7. The molecule has 1 amide bonds. The average molecular weight is 257 g/mol. The molecule has 19 heavy (non-hydrogen) atoms. The Kier molecular flexibility index (Phi) is 4.03. The van der Waals surface area contributed by atoms with Gasteiger partial charge in [0.15, 0.2) is 11.5 Å². The highest BCUT2D eigenvalue weighted by atomic mass is 16.3. The fourth-order valence-corrected chi connectivity index (χ4v) is 1.74. The molecule has 0 bridgehead atoms. The van der Waals surface area contributed by atoms with Gasteiger partial charge in [-0.3, -0.25) is 4.79 Å². The first kappa shape index (κ1) is 13.0. The SMILES string of the molecule is O=C(NCCc1ccc(O)c(O)c1)c1ccccc1. The summed E-state index contributed by atoms with van der Waals surface area (Å²) in [7, 11) is 0. The lowest BCUT2D eigenvalue weighted by molar-refractivity contribution is 0.0954. The number of phenolic OH excluding ortho intramolecular Hbond substituents is 2. The Balaban J connectivity index is 1.87. The number of aromatic hydroxyl groups is 2. The molecule has 2 aromatic rings. The van der Waals surface area contributed by atoms with Gasteiger partial charge in [0, 0.05) is 12.1 Å². The average Bonchev–Trinajstić information content (AvgIpc) is 2.43. The zero-order valence-corrected chi connectivity index (χ0v) is 10.3. The van der Waals surface area contributed by atoms with Gasteiger partial charge in [-0.15, -0.1) is 0 Å². The Labute approximate surface area is 111 Å². The molecule has 2 rings (SSSR count). The molecule has 4 heteroatoms. The third kappa shape index (κ3) is 3.48. The zero-order valence-electron chi connectivity index (χ0n) is 10.3. The van der Waals surface area contributed by atoms with Crippen LogP contribution < -0.4 is 5.32 Å². The van der Waals surface area contributed by atoms with Gasteiger partial charge in [0.05, 0.1) is 0 Å². The summed E-state index contributed by atoms with van der Waals surface area (Å²) in [5, 5.41) is 21.3. The number of rotatable bonds is 4. The topological polar surface area (TPSA) is 69.6 Å². The molecule has 0 aliphatic rings. The first-order valence-electron chi connectivity index (χ1n) is 6.01. The number of nitrogens with one attached hydrogen (secondary N) is 1. The quantitative estimate of drug-likeness (QED) is 0.734. The van der Waals surface area contributed by atoms with E-state index in [1.165, 1.54) is 12.1 Å². The van der Waals surface area contributed by atoms with Gasteiger partial charge in [-0.05, 0) is 36.2 Å². The molecule has 0 unspecified atom stereocenters. The van der Waals surface area contributed by atoms with Crippen LogP contribution in [0.5, 0.6) is 11.5 Å². The third-order valence-corrected chi connectivity index (χ3v) is 2.78. The highest BCUT2D eigenvalue weighted by molar-refractivity contribution is 5.94. The predicted octanol–water partition coefficient (Wildman–Crippen LogP) is 2.07. The molecule has 4 nitrogen and oxygen atoms in total. The lowest BCUT2D eigenvalue weighted by Gasteiger charge is -2.06. The summed E-state index contributed by atoms with van der Waals surface area (Å²) in [4.78, 5) is 11.8. The Morgan fingerprint density at radius 3 is 2.42 bits per heavy atom. The fraction of sp³-hybridized carbons (Fsp3) is 0.133. The smallest absolute Gasteiger partial charge is 0.251 e. The van der Waals surface area contributed by atoms with E-state index in [4.69, 9.17) is 0 Å². The molecule has 0 aliphatic heterocycles. The van der Waals surface area contributed by atoms with E-state index in [-0.39, 0.29) is 17.4 Å². The number of carbonyl (C=O) groups is 1. The Morgan fingerprint density at radius 2 is 1.74 bits per heavy atom. The third-order valence-electron chi connectivity index (χ3n) is 2.78. The second-order valence-electron chi connectivity index (χ2n) is 4.19. The fourth-order valence-electron chi connectivity index (χ4n) is 1.74. The number of hydrogen-bond acceptors (Lipinski definition) is 3. The first-order chi connectivity index (χ1) is 9.16. The molecule has 0 atom stereocenters. The Hall–Kier alpha value is -2.49. The first-order valence-corrected chi connectivity index (χ1v) is 6.01. The van der Waals surface area contributed by atoms with Crippen molar-refractivity contribution in [1.82, 2.24) is 5.32 Å². The molecule has 0 aliphatic carbocycles. The van der Waals surface area contributed by atoms with Gasteiger partial charge in [-0.1, -0.05) is 24.3 Å². The molecule has 0 spiro atoms. The van der Waals surface area contributed by atoms with E-state index in [0.717, 1.165) is 5.56 Å². The summed E-state index contributed by atoms with van der Waals surface area (Å²) in [5.74, 6) is -0.410. The second-order valence-corrected chi connectivity index (χ2v) is 4.19. The minimum atomic E-state index is -0.146. The van der Waals surface area contributed by atoms with Crippen LogP contribution in [-0.4, -0.2) is 22.7 Å². The number of phenols is 2. The molecular formula is C15H15NO3. The van der Waals surface area contributed by atoms with Crippen LogP contribution in [-0.2, 0) is 6.42 Å². The van der Waals surface area contributed by atoms with E-state index >= 15 is 0 Å².